The van der Waals surface area contributed by atoms with Gasteiger partial charge in [0.05, 0.1) is 5.75 Å². The van der Waals surface area contributed by atoms with E-state index in [4.69, 9.17) is 0 Å². The monoisotopic (exact) mass is 274 g/mol. The van der Waals surface area contributed by atoms with Crippen molar-refractivity contribution < 1.29 is 8.42 Å². The van der Waals surface area contributed by atoms with E-state index < -0.39 is 10.0 Å². The zero-order chi connectivity index (χ0) is 13.2. The Morgan fingerprint density at radius 2 is 1.67 bits per heavy atom. The molecule has 1 heterocycles. The molecule has 1 saturated carbocycles. The van der Waals surface area contributed by atoms with Crippen LogP contribution in [0.2, 0.25) is 0 Å². The minimum absolute atomic E-state index is 0.229. The molecule has 0 aromatic rings. The van der Waals surface area contributed by atoms with Crippen LogP contribution in [-0.2, 0) is 10.0 Å². The molecule has 0 bridgehead atoms. The van der Waals surface area contributed by atoms with Crippen LogP contribution >= 0.6 is 0 Å². The normalized spacial score (nSPS) is 32.6. The zero-order valence-electron chi connectivity index (χ0n) is 11.6. The molecule has 2 fully saturated rings. The summed E-state index contributed by atoms with van der Waals surface area (Å²) in [5.74, 6) is 1.00. The molecule has 1 saturated heterocycles. The van der Waals surface area contributed by atoms with Crippen LogP contribution in [-0.4, -0.2) is 55.6 Å². The molecule has 0 amide bonds. The van der Waals surface area contributed by atoms with Crippen LogP contribution in [0, 0.1) is 5.92 Å². The van der Waals surface area contributed by atoms with Crippen molar-refractivity contribution in [1.29, 1.82) is 0 Å². The van der Waals surface area contributed by atoms with Crippen LogP contribution in [0.3, 0.4) is 0 Å². The van der Waals surface area contributed by atoms with Crippen molar-refractivity contribution in [2.24, 2.45) is 5.92 Å². The number of hydrogen-bond donors (Lipinski definition) is 0. The predicted molar refractivity (Wildman–Crippen MR) is 74.0 cm³/mol. The first kappa shape index (κ1) is 14.3. The lowest BCUT2D eigenvalue weighted by atomic mass is 9.84. The molecule has 18 heavy (non-hydrogen) atoms. The molecule has 0 aromatic heterocycles. The van der Waals surface area contributed by atoms with Gasteiger partial charge in [-0.3, -0.25) is 4.90 Å². The molecule has 5 heteroatoms. The van der Waals surface area contributed by atoms with Crippen LogP contribution in [0.25, 0.3) is 0 Å². The van der Waals surface area contributed by atoms with E-state index in [0.29, 0.717) is 19.1 Å². The summed E-state index contributed by atoms with van der Waals surface area (Å²) in [6, 6.07) is 0.685. The fourth-order valence-corrected chi connectivity index (χ4v) is 4.42. The molecule has 2 rings (SSSR count). The molecule has 106 valence electrons. The quantitative estimate of drug-likeness (QED) is 0.784. The van der Waals surface area contributed by atoms with Crippen molar-refractivity contribution in [3.8, 4) is 0 Å². The van der Waals surface area contributed by atoms with Gasteiger partial charge < -0.3 is 0 Å². The van der Waals surface area contributed by atoms with E-state index in [9.17, 15) is 8.42 Å². The van der Waals surface area contributed by atoms with Gasteiger partial charge in [0, 0.05) is 32.2 Å². The van der Waals surface area contributed by atoms with Crippen molar-refractivity contribution in [2.45, 2.75) is 45.6 Å². The molecular weight excluding hydrogens is 248 g/mol. The van der Waals surface area contributed by atoms with Gasteiger partial charge in [-0.1, -0.05) is 19.8 Å². The number of sulfonamides is 1. The van der Waals surface area contributed by atoms with Crippen LogP contribution in [0.5, 0.6) is 0 Å². The Hall–Kier alpha value is -0.130. The first-order valence-electron chi connectivity index (χ1n) is 7.26. The average molecular weight is 274 g/mol. The first-order chi connectivity index (χ1) is 8.54. The minimum atomic E-state index is -2.98. The Morgan fingerprint density at radius 1 is 1.06 bits per heavy atom. The summed E-state index contributed by atoms with van der Waals surface area (Å²) in [7, 11) is -2.98. The summed E-state index contributed by atoms with van der Waals surface area (Å²) in [6.07, 6.45) is 5.32. The molecule has 1 aliphatic heterocycles. The number of hydrogen-bond acceptors (Lipinski definition) is 3. The highest BCUT2D eigenvalue weighted by Gasteiger charge is 2.32. The van der Waals surface area contributed by atoms with E-state index >= 15 is 0 Å². The van der Waals surface area contributed by atoms with Gasteiger partial charge in [0.1, 0.15) is 0 Å². The fraction of sp³-hybridized carbons (Fsp3) is 1.00. The van der Waals surface area contributed by atoms with Gasteiger partial charge in [-0.25, -0.2) is 8.42 Å². The van der Waals surface area contributed by atoms with E-state index in [0.717, 1.165) is 19.0 Å². The second-order valence-corrected chi connectivity index (χ2v) is 7.92. The van der Waals surface area contributed by atoms with Crippen molar-refractivity contribution >= 4 is 10.0 Å². The van der Waals surface area contributed by atoms with Gasteiger partial charge in [0.15, 0.2) is 0 Å². The molecule has 0 spiro atoms. The topological polar surface area (TPSA) is 40.6 Å². The minimum Gasteiger partial charge on any atom is -0.298 e. The average Bonchev–Trinajstić information content (AvgIpc) is 2.39. The largest absolute Gasteiger partial charge is 0.298 e. The highest BCUT2D eigenvalue weighted by molar-refractivity contribution is 7.89. The number of rotatable bonds is 3. The van der Waals surface area contributed by atoms with E-state index in [1.165, 1.54) is 25.7 Å². The first-order valence-corrected chi connectivity index (χ1v) is 8.87. The molecule has 0 unspecified atom stereocenters. The number of nitrogens with zero attached hydrogens (tertiary/aromatic N) is 2. The van der Waals surface area contributed by atoms with Crippen LogP contribution < -0.4 is 0 Å². The molecule has 0 radical (unpaired) electrons. The summed E-state index contributed by atoms with van der Waals surface area (Å²) < 4.78 is 25.3. The van der Waals surface area contributed by atoms with Crippen molar-refractivity contribution in [3.05, 3.63) is 0 Å². The summed E-state index contributed by atoms with van der Waals surface area (Å²) in [5, 5.41) is 0. The highest BCUT2D eigenvalue weighted by atomic mass is 32.2. The third-order valence-corrected chi connectivity index (χ3v) is 6.45. The van der Waals surface area contributed by atoms with Crippen LogP contribution in [0.15, 0.2) is 0 Å². The van der Waals surface area contributed by atoms with Crippen molar-refractivity contribution in [1.82, 2.24) is 9.21 Å². The maximum atomic E-state index is 11.8. The molecule has 0 aromatic carbocycles. The maximum Gasteiger partial charge on any atom is 0.213 e. The van der Waals surface area contributed by atoms with Gasteiger partial charge in [-0.05, 0) is 25.7 Å². The van der Waals surface area contributed by atoms with Crippen molar-refractivity contribution in [3.63, 3.8) is 0 Å². The second-order valence-electron chi connectivity index (χ2n) is 5.66. The smallest absolute Gasteiger partial charge is 0.213 e. The highest BCUT2D eigenvalue weighted by Crippen LogP contribution is 2.28. The van der Waals surface area contributed by atoms with E-state index in [1.807, 2.05) is 0 Å². The van der Waals surface area contributed by atoms with E-state index in [2.05, 4.69) is 11.8 Å². The summed E-state index contributed by atoms with van der Waals surface area (Å²) >= 11 is 0. The maximum absolute atomic E-state index is 11.8. The van der Waals surface area contributed by atoms with Crippen LogP contribution in [0.4, 0.5) is 0 Å². The Bertz CT molecular complexity index is 361. The third kappa shape index (κ3) is 3.06. The lowest BCUT2D eigenvalue weighted by Crippen LogP contribution is -2.54. The van der Waals surface area contributed by atoms with E-state index in [1.54, 1.807) is 11.2 Å². The lowest BCUT2D eigenvalue weighted by molar-refractivity contribution is 0.0786. The molecule has 4 nitrogen and oxygen atoms in total. The van der Waals surface area contributed by atoms with Crippen molar-refractivity contribution in [2.75, 3.05) is 31.9 Å². The fourth-order valence-electron chi connectivity index (χ4n) is 3.34. The van der Waals surface area contributed by atoms with Gasteiger partial charge in [0.2, 0.25) is 10.0 Å². The third-order valence-electron chi connectivity index (χ3n) is 4.57. The Kier molecular flexibility index (Phi) is 4.67. The number of piperazine rings is 1. The van der Waals surface area contributed by atoms with Gasteiger partial charge in [-0.15, -0.1) is 0 Å². The van der Waals surface area contributed by atoms with Gasteiger partial charge in [0.25, 0.3) is 0 Å². The molecule has 2 atom stereocenters. The lowest BCUT2D eigenvalue weighted by Gasteiger charge is -2.43. The van der Waals surface area contributed by atoms with Gasteiger partial charge in [-0.2, -0.15) is 4.31 Å². The predicted octanol–water partition coefficient (Wildman–Crippen LogP) is 1.53. The Morgan fingerprint density at radius 3 is 2.22 bits per heavy atom. The molecule has 0 N–H and O–H groups in total. The Labute approximate surface area is 111 Å². The Balaban J connectivity index is 1.90. The SMILES string of the molecule is CCS(=O)(=O)N1CCN([C@@H]2CCCC[C@H]2C)CC1. The van der Waals surface area contributed by atoms with E-state index in [-0.39, 0.29) is 5.75 Å². The second kappa shape index (κ2) is 5.88. The summed E-state index contributed by atoms with van der Waals surface area (Å²) in [4.78, 5) is 2.52. The molecule has 2 aliphatic rings. The van der Waals surface area contributed by atoms with Gasteiger partial charge >= 0.3 is 0 Å². The standard InChI is InChI=1S/C13H26N2O2S/c1-3-18(16,17)15-10-8-14(9-11-15)13-7-5-4-6-12(13)2/h12-13H,3-11H2,1-2H3/t12-,13-/m1/s1. The molecular formula is C13H26N2O2S. The van der Waals surface area contributed by atoms with Crippen LogP contribution in [0.1, 0.15) is 39.5 Å². The summed E-state index contributed by atoms with van der Waals surface area (Å²) in [5.41, 5.74) is 0. The summed E-state index contributed by atoms with van der Waals surface area (Å²) in [6.45, 7) is 7.26. The zero-order valence-corrected chi connectivity index (χ0v) is 12.5. The molecule has 1 aliphatic carbocycles.